The van der Waals surface area contributed by atoms with Gasteiger partial charge in [-0.1, -0.05) is 42.1 Å². The van der Waals surface area contributed by atoms with Crippen LogP contribution in [0.2, 0.25) is 0 Å². The molecule has 0 saturated heterocycles. The zero-order valence-electron chi connectivity index (χ0n) is 16.4. The number of hydrogen-bond donors (Lipinski definition) is 0. The van der Waals surface area contributed by atoms with E-state index in [-0.39, 0.29) is 12.3 Å². The summed E-state index contributed by atoms with van der Waals surface area (Å²) in [6.07, 6.45) is 1.62. The first kappa shape index (κ1) is 20.9. The molecule has 1 aromatic carbocycles. The normalized spacial score (nSPS) is 11.7. The molecule has 0 saturated carbocycles. The third-order valence-electron chi connectivity index (χ3n) is 4.18. The maximum atomic E-state index is 12.5. The third kappa shape index (κ3) is 5.53. The summed E-state index contributed by atoms with van der Waals surface area (Å²) < 4.78 is 5.53. The number of amides is 1. The molecule has 0 fully saturated rings. The third-order valence-corrected chi connectivity index (χ3v) is 4.73. The number of thioether (sulfide) groups is 1. The van der Waals surface area contributed by atoms with E-state index in [0.29, 0.717) is 12.0 Å². The number of aromatic nitrogens is 2. The van der Waals surface area contributed by atoms with Crippen LogP contribution in [0.1, 0.15) is 35.0 Å². The Morgan fingerprint density at radius 1 is 1.11 bits per heavy atom. The molecule has 0 N–H and O–H groups in total. The predicted molar refractivity (Wildman–Crippen MR) is 106 cm³/mol. The van der Waals surface area contributed by atoms with Gasteiger partial charge < -0.3 is 9.64 Å². The molecule has 2 aromatic rings. The Balaban J connectivity index is 2.10. The molecule has 1 heterocycles. The molecule has 1 atom stereocenters. The number of likely N-dealkylation sites (N-methyl/N-ethyl adjacent to an activating group) is 1. The average molecular weight is 388 g/mol. The Morgan fingerprint density at radius 3 is 2.22 bits per heavy atom. The van der Waals surface area contributed by atoms with Crippen molar-refractivity contribution in [3.63, 3.8) is 0 Å². The highest BCUT2D eigenvalue weighted by Gasteiger charge is 2.26. The zero-order valence-corrected chi connectivity index (χ0v) is 17.2. The van der Waals surface area contributed by atoms with Crippen LogP contribution in [0.25, 0.3) is 0 Å². The van der Waals surface area contributed by atoms with E-state index in [1.54, 1.807) is 26.2 Å². The van der Waals surface area contributed by atoms with Crippen LogP contribution in [0.3, 0.4) is 0 Å². The van der Waals surface area contributed by atoms with Crippen molar-refractivity contribution in [2.24, 2.45) is 0 Å². The fourth-order valence-electron chi connectivity index (χ4n) is 2.70. The monoisotopic (exact) mass is 387 g/mol. The van der Waals surface area contributed by atoms with Crippen molar-refractivity contribution < 1.29 is 14.3 Å². The van der Waals surface area contributed by atoms with Crippen molar-refractivity contribution in [1.82, 2.24) is 14.9 Å². The van der Waals surface area contributed by atoms with Gasteiger partial charge in [-0.05, 0) is 32.1 Å². The standard InChI is InChI=1S/C20H25N3O3S/c1-13-16(14(2)22-20(21-13)27-5)11-12-17(24)26-18(19(25)23(3)4)15-9-7-6-8-10-15/h6-10,18H,11-12H2,1-5H3/t18-/m1/s1. The molecule has 27 heavy (non-hydrogen) atoms. The van der Waals surface area contributed by atoms with E-state index >= 15 is 0 Å². The lowest BCUT2D eigenvalue weighted by Gasteiger charge is -2.21. The molecule has 7 heteroatoms. The first-order valence-electron chi connectivity index (χ1n) is 8.67. The molecule has 0 aliphatic carbocycles. The lowest BCUT2D eigenvalue weighted by molar-refractivity contribution is -0.159. The van der Waals surface area contributed by atoms with Crippen LogP contribution in [0, 0.1) is 13.8 Å². The van der Waals surface area contributed by atoms with Crippen molar-refractivity contribution in [3.05, 3.63) is 52.8 Å². The minimum atomic E-state index is -0.939. The van der Waals surface area contributed by atoms with Gasteiger partial charge in [0.2, 0.25) is 6.10 Å². The molecule has 0 aliphatic rings. The van der Waals surface area contributed by atoms with E-state index in [1.807, 2.05) is 38.3 Å². The van der Waals surface area contributed by atoms with Crippen LogP contribution in [0.15, 0.2) is 35.5 Å². The van der Waals surface area contributed by atoms with Gasteiger partial charge in [0.15, 0.2) is 5.16 Å². The summed E-state index contributed by atoms with van der Waals surface area (Å²) in [7, 11) is 3.28. The second-order valence-corrected chi connectivity index (χ2v) is 7.15. The highest BCUT2D eigenvalue weighted by molar-refractivity contribution is 7.98. The van der Waals surface area contributed by atoms with Crippen molar-refractivity contribution in [2.45, 2.75) is 37.9 Å². The molecule has 144 valence electrons. The van der Waals surface area contributed by atoms with Crippen LogP contribution in [-0.4, -0.2) is 47.1 Å². The van der Waals surface area contributed by atoms with E-state index < -0.39 is 12.1 Å². The van der Waals surface area contributed by atoms with E-state index in [2.05, 4.69) is 9.97 Å². The lowest BCUT2D eigenvalue weighted by Crippen LogP contribution is -2.31. The van der Waals surface area contributed by atoms with Crippen LogP contribution in [0.4, 0.5) is 0 Å². The Bertz CT molecular complexity index is 786. The van der Waals surface area contributed by atoms with Gasteiger partial charge in [-0.2, -0.15) is 0 Å². The zero-order chi connectivity index (χ0) is 20.0. The number of esters is 1. The summed E-state index contributed by atoms with van der Waals surface area (Å²) in [5, 5.41) is 0.719. The van der Waals surface area contributed by atoms with E-state index in [4.69, 9.17) is 4.74 Å². The number of nitrogens with zero attached hydrogens (tertiary/aromatic N) is 3. The van der Waals surface area contributed by atoms with Gasteiger partial charge in [-0.15, -0.1) is 0 Å². The Labute approximate surface area is 164 Å². The van der Waals surface area contributed by atoms with Gasteiger partial charge in [0.1, 0.15) is 0 Å². The molecular weight excluding hydrogens is 362 g/mol. The van der Waals surface area contributed by atoms with Gasteiger partial charge in [-0.3, -0.25) is 9.59 Å². The summed E-state index contributed by atoms with van der Waals surface area (Å²) in [6, 6.07) is 9.05. The van der Waals surface area contributed by atoms with Crippen molar-refractivity contribution in [2.75, 3.05) is 20.4 Å². The van der Waals surface area contributed by atoms with Gasteiger partial charge >= 0.3 is 5.97 Å². The number of ether oxygens (including phenoxy) is 1. The van der Waals surface area contributed by atoms with Crippen LogP contribution >= 0.6 is 11.8 Å². The number of carbonyl (C=O) groups is 2. The largest absolute Gasteiger partial charge is 0.447 e. The fraction of sp³-hybridized carbons (Fsp3) is 0.400. The number of aryl methyl sites for hydroxylation is 2. The summed E-state index contributed by atoms with van der Waals surface area (Å²) in [5.74, 6) is -0.693. The molecule has 1 aromatic heterocycles. The summed E-state index contributed by atoms with van der Waals surface area (Å²) in [4.78, 5) is 35.2. The Kier molecular flexibility index (Phi) is 7.36. The highest BCUT2D eigenvalue weighted by Crippen LogP contribution is 2.22. The van der Waals surface area contributed by atoms with Gasteiger partial charge in [0.25, 0.3) is 5.91 Å². The predicted octanol–water partition coefficient (Wildman–Crippen LogP) is 3.12. The van der Waals surface area contributed by atoms with E-state index in [1.165, 1.54) is 16.7 Å². The topological polar surface area (TPSA) is 72.4 Å². The maximum absolute atomic E-state index is 12.5. The summed E-state index contributed by atoms with van der Waals surface area (Å²) in [5.41, 5.74) is 3.33. The first-order valence-corrected chi connectivity index (χ1v) is 9.89. The quantitative estimate of drug-likeness (QED) is 0.413. The van der Waals surface area contributed by atoms with Gasteiger partial charge in [-0.25, -0.2) is 9.97 Å². The molecule has 6 nitrogen and oxygen atoms in total. The maximum Gasteiger partial charge on any atom is 0.307 e. The SMILES string of the molecule is CSc1nc(C)c(CCC(=O)O[C@@H](C(=O)N(C)C)c2ccccc2)c(C)n1. The minimum Gasteiger partial charge on any atom is -0.447 e. The number of carbonyl (C=O) groups excluding carboxylic acids is 2. The van der Waals surface area contributed by atoms with E-state index in [9.17, 15) is 9.59 Å². The number of rotatable bonds is 7. The summed E-state index contributed by atoms with van der Waals surface area (Å²) in [6.45, 7) is 3.83. The van der Waals surface area contributed by atoms with E-state index in [0.717, 1.165) is 22.1 Å². The van der Waals surface area contributed by atoms with Crippen LogP contribution in [0.5, 0.6) is 0 Å². The van der Waals surface area contributed by atoms with Crippen molar-refractivity contribution >= 4 is 23.6 Å². The van der Waals surface area contributed by atoms with Gasteiger partial charge in [0.05, 0.1) is 0 Å². The highest BCUT2D eigenvalue weighted by atomic mass is 32.2. The molecule has 0 bridgehead atoms. The molecule has 0 unspecified atom stereocenters. The molecule has 0 radical (unpaired) electrons. The fourth-order valence-corrected chi connectivity index (χ4v) is 3.16. The smallest absolute Gasteiger partial charge is 0.307 e. The number of benzene rings is 1. The molecular formula is C20H25N3O3S. The summed E-state index contributed by atoms with van der Waals surface area (Å²) >= 11 is 1.49. The minimum absolute atomic E-state index is 0.160. The van der Waals surface area contributed by atoms with Crippen LogP contribution < -0.4 is 0 Å². The molecule has 0 aliphatic heterocycles. The average Bonchev–Trinajstić information content (AvgIpc) is 2.65. The number of hydrogen-bond acceptors (Lipinski definition) is 6. The molecule has 0 spiro atoms. The van der Waals surface area contributed by atoms with Crippen molar-refractivity contribution in [1.29, 1.82) is 0 Å². The second-order valence-electron chi connectivity index (χ2n) is 6.37. The Morgan fingerprint density at radius 2 is 1.70 bits per heavy atom. The Hall–Kier alpha value is -2.41. The first-order chi connectivity index (χ1) is 12.8. The second kappa shape index (κ2) is 9.50. The van der Waals surface area contributed by atoms with Crippen LogP contribution in [-0.2, 0) is 20.7 Å². The lowest BCUT2D eigenvalue weighted by atomic mass is 10.1. The molecule has 2 rings (SSSR count). The van der Waals surface area contributed by atoms with Crippen molar-refractivity contribution in [3.8, 4) is 0 Å². The van der Waals surface area contributed by atoms with Gasteiger partial charge in [0, 0.05) is 37.5 Å². The molecule has 1 amide bonds.